The van der Waals surface area contributed by atoms with Crippen LogP contribution in [0, 0.1) is 0 Å². The molecule has 0 bridgehead atoms. The zero-order chi connectivity index (χ0) is 13.7. The Balaban J connectivity index is 2.28. The Kier molecular flexibility index (Phi) is 4.71. The van der Waals surface area contributed by atoms with Crippen molar-refractivity contribution in [3.63, 3.8) is 0 Å². The van der Waals surface area contributed by atoms with Crippen molar-refractivity contribution in [3.05, 3.63) is 36.0 Å². The number of aromatic nitrogens is 1. The standard InChI is InChI=1S/C15H19NO3/c1-11(17)14-10-15(19-9-5-8-18-2)12-6-3-4-7-13(12)16-14/h3-4,6-7,10-11,17H,5,8-9H2,1-2H3/t11-/m0/s1. The lowest BCUT2D eigenvalue weighted by atomic mass is 10.1. The molecular formula is C15H19NO3. The molecule has 1 N–H and O–H groups in total. The quantitative estimate of drug-likeness (QED) is 0.812. The normalized spacial score (nSPS) is 12.6. The van der Waals surface area contributed by atoms with Crippen molar-refractivity contribution in [3.8, 4) is 5.75 Å². The summed E-state index contributed by atoms with van der Waals surface area (Å²) in [6.07, 6.45) is 0.225. The summed E-state index contributed by atoms with van der Waals surface area (Å²) in [7, 11) is 1.67. The fourth-order valence-electron chi connectivity index (χ4n) is 1.88. The van der Waals surface area contributed by atoms with Crippen LogP contribution in [0.3, 0.4) is 0 Å². The van der Waals surface area contributed by atoms with Crippen LogP contribution in [-0.4, -0.2) is 30.4 Å². The maximum Gasteiger partial charge on any atom is 0.130 e. The van der Waals surface area contributed by atoms with E-state index in [2.05, 4.69) is 4.98 Å². The SMILES string of the molecule is COCCCOc1cc([C@H](C)O)nc2ccccc12. The third-order valence-electron chi connectivity index (χ3n) is 2.88. The van der Waals surface area contributed by atoms with E-state index < -0.39 is 6.10 Å². The first kappa shape index (κ1) is 13.8. The van der Waals surface area contributed by atoms with Crippen molar-refractivity contribution in [2.75, 3.05) is 20.3 Å². The molecule has 19 heavy (non-hydrogen) atoms. The molecule has 0 fully saturated rings. The van der Waals surface area contributed by atoms with Crippen LogP contribution in [0.15, 0.2) is 30.3 Å². The Morgan fingerprint density at radius 2 is 2.05 bits per heavy atom. The number of hydrogen-bond donors (Lipinski definition) is 1. The second kappa shape index (κ2) is 6.50. The van der Waals surface area contributed by atoms with Crippen LogP contribution in [-0.2, 0) is 4.74 Å². The predicted molar refractivity (Wildman–Crippen MR) is 74.4 cm³/mol. The topological polar surface area (TPSA) is 51.6 Å². The molecule has 0 saturated heterocycles. The molecule has 0 aliphatic carbocycles. The molecule has 0 amide bonds. The highest BCUT2D eigenvalue weighted by Crippen LogP contribution is 2.27. The first-order chi connectivity index (χ1) is 9.22. The van der Waals surface area contributed by atoms with Crippen molar-refractivity contribution < 1.29 is 14.6 Å². The van der Waals surface area contributed by atoms with Gasteiger partial charge in [0.05, 0.1) is 23.9 Å². The number of para-hydroxylation sites is 1. The molecule has 1 aromatic heterocycles. The smallest absolute Gasteiger partial charge is 0.130 e. The number of hydrogen-bond acceptors (Lipinski definition) is 4. The molecule has 0 aliphatic heterocycles. The lowest BCUT2D eigenvalue weighted by Crippen LogP contribution is -2.04. The van der Waals surface area contributed by atoms with Gasteiger partial charge in [0, 0.05) is 31.6 Å². The van der Waals surface area contributed by atoms with Gasteiger partial charge in [-0.2, -0.15) is 0 Å². The van der Waals surface area contributed by atoms with Gasteiger partial charge in [0.1, 0.15) is 5.75 Å². The average molecular weight is 261 g/mol. The number of methoxy groups -OCH3 is 1. The second-order valence-corrected chi connectivity index (χ2v) is 4.43. The largest absolute Gasteiger partial charge is 0.493 e. The number of fused-ring (bicyclic) bond motifs is 1. The maximum absolute atomic E-state index is 9.68. The summed E-state index contributed by atoms with van der Waals surface area (Å²) in [5, 5.41) is 10.6. The summed E-state index contributed by atoms with van der Waals surface area (Å²) >= 11 is 0. The van der Waals surface area contributed by atoms with Gasteiger partial charge in [-0.3, -0.25) is 0 Å². The molecule has 0 radical (unpaired) electrons. The van der Waals surface area contributed by atoms with Gasteiger partial charge in [0.25, 0.3) is 0 Å². The van der Waals surface area contributed by atoms with Crippen molar-refractivity contribution in [1.29, 1.82) is 0 Å². The molecule has 4 nitrogen and oxygen atoms in total. The monoisotopic (exact) mass is 261 g/mol. The van der Waals surface area contributed by atoms with Crippen LogP contribution < -0.4 is 4.74 Å². The predicted octanol–water partition coefficient (Wildman–Crippen LogP) is 2.70. The Morgan fingerprint density at radius 1 is 1.26 bits per heavy atom. The number of aliphatic hydroxyl groups is 1. The molecule has 0 spiro atoms. The van der Waals surface area contributed by atoms with Gasteiger partial charge in [0.2, 0.25) is 0 Å². The summed E-state index contributed by atoms with van der Waals surface area (Å²) < 4.78 is 10.8. The van der Waals surface area contributed by atoms with E-state index in [1.807, 2.05) is 24.3 Å². The number of rotatable bonds is 6. The molecular weight excluding hydrogens is 242 g/mol. The molecule has 2 aromatic rings. The van der Waals surface area contributed by atoms with Gasteiger partial charge in [-0.25, -0.2) is 4.98 Å². The van der Waals surface area contributed by atoms with Gasteiger partial charge in [0.15, 0.2) is 0 Å². The molecule has 0 unspecified atom stereocenters. The van der Waals surface area contributed by atoms with Crippen molar-refractivity contribution in [1.82, 2.24) is 4.98 Å². The lowest BCUT2D eigenvalue weighted by Gasteiger charge is -2.12. The molecule has 0 aliphatic rings. The molecule has 0 saturated carbocycles. The Morgan fingerprint density at radius 3 is 2.79 bits per heavy atom. The Hall–Kier alpha value is -1.65. The maximum atomic E-state index is 9.68. The van der Waals surface area contributed by atoms with Crippen molar-refractivity contribution in [2.24, 2.45) is 0 Å². The first-order valence-corrected chi connectivity index (χ1v) is 6.42. The van der Waals surface area contributed by atoms with E-state index in [0.717, 1.165) is 23.1 Å². The van der Waals surface area contributed by atoms with Crippen LogP contribution in [0.4, 0.5) is 0 Å². The second-order valence-electron chi connectivity index (χ2n) is 4.43. The zero-order valence-electron chi connectivity index (χ0n) is 11.3. The van der Waals surface area contributed by atoms with Crippen molar-refractivity contribution in [2.45, 2.75) is 19.4 Å². The van der Waals surface area contributed by atoms with Gasteiger partial charge in [-0.15, -0.1) is 0 Å². The number of nitrogens with zero attached hydrogens (tertiary/aromatic N) is 1. The summed E-state index contributed by atoms with van der Waals surface area (Å²) in [5.41, 5.74) is 1.46. The minimum atomic E-state index is -0.606. The van der Waals surface area contributed by atoms with E-state index in [0.29, 0.717) is 18.9 Å². The number of pyridine rings is 1. The van der Waals surface area contributed by atoms with E-state index in [1.165, 1.54) is 0 Å². The van der Waals surface area contributed by atoms with Gasteiger partial charge < -0.3 is 14.6 Å². The van der Waals surface area contributed by atoms with E-state index >= 15 is 0 Å². The third kappa shape index (κ3) is 3.43. The van der Waals surface area contributed by atoms with Crippen LogP contribution in [0.1, 0.15) is 25.1 Å². The van der Waals surface area contributed by atoms with Crippen molar-refractivity contribution >= 4 is 10.9 Å². The molecule has 1 atom stereocenters. The highest BCUT2D eigenvalue weighted by Gasteiger charge is 2.09. The fraction of sp³-hybridized carbons (Fsp3) is 0.400. The number of benzene rings is 1. The van der Waals surface area contributed by atoms with Crippen LogP contribution in [0.25, 0.3) is 10.9 Å². The van der Waals surface area contributed by atoms with Gasteiger partial charge in [-0.1, -0.05) is 12.1 Å². The minimum absolute atomic E-state index is 0.584. The molecule has 2 rings (SSSR count). The molecule has 1 heterocycles. The fourth-order valence-corrected chi connectivity index (χ4v) is 1.88. The van der Waals surface area contributed by atoms with E-state index in [1.54, 1.807) is 20.1 Å². The number of aliphatic hydroxyl groups excluding tert-OH is 1. The van der Waals surface area contributed by atoms with E-state index in [9.17, 15) is 5.11 Å². The molecule has 1 aromatic carbocycles. The van der Waals surface area contributed by atoms with Crippen LogP contribution in [0.5, 0.6) is 5.75 Å². The highest BCUT2D eigenvalue weighted by atomic mass is 16.5. The summed E-state index contributed by atoms with van der Waals surface area (Å²) in [4.78, 5) is 4.43. The Bertz CT molecular complexity index is 540. The van der Waals surface area contributed by atoms with Crippen LogP contribution in [0.2, 0.25) is 0 Å². The van der Waals surface area contributed by atoms with Crippen LogP contribution >= 0.6 is 0 Å². The summed E-state index contributed by atoms with van der Waals surface area (Å²) in [6.45, 7) is 2.96. The van der Waals surface area contributed by atoms with Gasteiger partial charge >= 0.3 is 0 Å². The summed E-state index contributed by atoms with van der Waals surface area (Å²) in [6, 6.07) is 9.58. The minimum Gasteiger partial charge on any atom is -0.493 e. The third-order valence-corrected chi connectivity index (χ3v) is 2.88. The number of ether oxygens (including phenoxy) is 2. The average Bonchev–Trinajstić information content (AvgIpc) is 2.43. The highest BCUT2D eigenvalue weighted by molar-refractivity contribution is 5.85. The van der Waals surface area contributed by atoms with E-state index in [4.69, 9.17) is 9.47 Å². The van der Waals surface area contributed by atoms with Gasteiger partial charge in [-0.05, 0) is 19.1 Å². The lowest BCUT2D eigenvalue weighted by molar-refractivity contribution is 0.172. The summed E-state index contributed by atoms with van der Waals surface area (Å²) in [5.74, 6) is 0.762. The molecule has 102 valence electrons. The molecule has 4 heteroatoms. The Labute approximate surface area is 113 Å². The first-order valence-electron chi connectivity index (χ1n) is 6.42. The zero-order valence-corrected chi connectivity index (χ0v) is 11.3. The van der Waals surface area contributed by atoms with E-state index in [-0.39, 0.29) is 0 Å².